The molecule has 5 heteroatoms. The first-order valence-electron chi connectivity index (χ1n) is 7.78. The van der Waals surface area contributed by atoms with Gasteiger partial charge in [0.1, 0.15) is 5.82 Å². The highest BCUT2D eigenvalue weighted by Crippen LogP contribution is 2.22. The van der Waals surface area contributed by atoms with Crippen LogP contribution in [0.5, 0.6) is 0 Å². The highest BCUT2D eigenvalue weighted by Gasteiger charge is 2.09. The number of hydrogen-bond acceptors (Lipinski definition) is 3. The SMILES string of the molecule is Cc1cc(NCCNC(=O)c2ccccc2F)c2ccccc2n1. The molecule has 24 heavy (non-hydrogen) atoms. The summed E-state index contributed by atoms with van der Waals surface area (Å²) in [5.74, 6) is -0.927. The first-order valence-corrected chi connectivity index (χ1v) is 7.78. The summed E-state index contributed by atoms with van der Waals surface area (Å²) >= 11 is 0. The number of aryl methyl sites for hydroxylation is 1. The first-order chi connectivity index (χ1) is 11.6. The monoisotopic (exact) mass is 323 g/mol. The first kappa shape index (κ1) is 15.9. The Balaban J connectivity index is 1.61. The molecule has 122 valence electrons. The molecule has 1 amide bonds. The predicted molar refractivity (Wildman–Crippen MR) is 93.7 cm³/mol. The van der Waals surface area contributed by atoms with Crippen LogP contribution in [-0.2, 0) is 0 Å². The summed E-state index contributed by atoms with van der Waals surface area (Å²) in [4.78, 5) is 16.4. The van der Waals surface area contributed by atoms with E-state index < -0.39 is 11.7 Å². The van der Waals surface area contributed by atoms with E-state index in [-0.39, 0.29) is 5.56 Å². The smallest absolute Gasteiger partial charge is 0.254 e. The fourth-order valence-corrected chi connectivity index (χ4v) is 2.57. The summed E-state index contributed by atoms with van der Waals surface area (Å²) in [6.07, 6.45) is 0. The number of amides is 1. The van der Waals surface area contributed by atoms with E-state index in [0.717, 1.165) is 22.3 Å². The minimum absolute atomic E-state index is 0.0581. The number of rotatable bonds is 5. The van der Waals surface area contributed by atoms with Gasteiger partial charge >= 0.3 is 0 Å². The normalized spacial score (nSPS) is 10.6. The summed E-state index contributed by atoms with van der Waals surface area (Å²) in [5, 5.41) is 7.05. The lowest BCUT2D eigenvalue weighted by atomic mass is 10.1. The quantitative estimate of drug-likeness (QED) is 0.706. The molecular weight excluding hydrogens is 305 g/mol. The molecule has 4 nitrogen and oxygen atoms in total. The summed E-state index contributed by atoms with van der Waals surface area (Å²) in [7, 11) is 0. The molecule has 0 fully saturated rings. The van der Waals surface area contributed by atoms with Gasteiger partial charge in [0.2, 0.25) is 0 Å². The van der Waals surface area contributed by atoms with E-state index in [2.05, 4.69) is 15.6 Å². The zero-order valence-electron chi connectivity index (χ0n) is 13.3. The van der Waals surface area contributed by atoms with Crippen LogP contribution in [0.1, 0.15) is 16.1 Å². The van der Waals surface area contributed by atoms with Crippen molar-refractivity contribution in [1.82, 2.24) is 10.3 Å². The van der Waals surface area contributed by atoms with Crippen molar-refractivity contribution >= 4 is 22.5 Å². The van der Waals surface area contributed by atoms with Crippen molar-refractivity contribution in [2.45, 2.75) is 6.92 Å². The second-order valence-corrected chi connectivity index (χ2v) is 5.49. The molecule has 3 rings (SSSR count). The van der Waals surface area contributed by atoms with Crippen molar-refractivity contribution < 1.29 is 9.18 Å². The highest BCUT2D eigenvalue weighted by atomic mass is 19.1. The maximum Gasteiger partial charge on any atom is 0.254 e. The lowest BCUT2D eigenvalue weighted by Crippen LogP contribution is -2.29. The number of benzene rings is 2. The molecule has 2 aromatic carbocycles. The molecule has 0 aliphatic carbocycles. The van der Waals surface area contributed by atoms with Gasteiger partial charge in [-0.1, -0.05) is 30.3 Å². The van der Waals surface area contributed by atoms with Crippen LogP contribution in [0.25, 0.3) is 10.9 Å². The lowest BCUT2D eigenvalue weighted by Gasteiger charge is -2.11. The average molecular weight is 323 g/mol. The number of para-hydroxylation sites is 1. The Kier molecular flexibility index (Phi) is 4.70. The standard InChI is InChI=1S/C19H18FN3O/c1-13-12-18(15-7-3-5-9-17(15)23-13)21-10-11-22-19(24)14-6-2-4-8-16(14)20/h2-9,12H,10-11H2,1H3,(H,21,23)(H,22,24). The van der Waals surface area contributed by atoms with E-state index in [1.165, 1.54) is 12.1 Å². The largest absolute Gasteiger partial charge is 0.383 e. The van der Waals surface area contributed by atoms with Crippen LogP contribution in [-0.4, -0.2) is 24.0 Å². The van der Waals surface area contributed by atoms with Gasteiger partial charge in [0.25, 0.3) is 5.91 Å². The fourth-order valence-electron chi connectivity index (χ4n) is 2.57. The third kappa shape index (κ3) is 3.51. The van der Waals surface area contributed by atoms with E-state index in [4.69, 9.17) is 0 Å². The number of anilines is 1. The van der Waals surface area contributed by atoms with E-state index in [1.807, 2.05) is 37.3 Å². The number of hydrogen-bond donors (Lipinski definition) is 2. The molecule has 0 aliphatic rings. The predicted octanol–water partition coefficient (Wildman–Crippen LogP) is 3.52. The van der Waals surface area contributed by atoms with Crippen LogP contribution in [0, 0.1) is 12.7 Å². The summed E-state index contributed by atoms with van der Waals surface area (Å²) in [6, 6.07) is 15.8. The molecule has 0 radical (unpaired) electrons. The van der Waals surface area contributed by atoms with E-state index >= 15 is 0 Å². The second kappa shape index (κ2) is 7.08. The van der Waals surface area contributed by atoms with Crippen LogP contribution in [0.15, 0.2) is 54.6 Å². The van der Waals surface area contributed by atoms with Gasteiger partial charge in [-0.15, -0.1) is 0 Å². The van der Waals surface area contributed by atoms with Crippen LogP contribution < -0.4 is 10.6 Å². The Morgan fingerprint density at radius 2 is 1.83 bits per heavy atom. The van der Waals surface area contributed by atoms with Crippen molar-refractivity contribution in [3.05, 3.63) is 71.7 Å². The second-order valence-electron chi connectivity index (χ2n) is 5.49. The zero-order chi connectivity index (χ0) is 16.9. The van der Waals surface area contributed by atoms with Crippen LogP contribution in [0.3, 0.4) is 0 Å². The number of nitrogens with zero attached hydrogens (tertiary/aromatic N) is 1. The van der Waals surface area contributed by atoms with Gasteiger partial charge in [-0.25, -0.2) is 4.39 Å². The third-order valence-electron chi connectivity index (χ3n) is 3.69. The molecule has 0 bridgehead atoms. The van der Waals surface area contributed by atoms with Gasteiger partial charge < -0.3 is 10.6 Å². The molecule has 1 aromatic heterocycles. The van der Waals surface area contributed by atoms with E-state index in [9.17, 15) is 9.18 Å². The van der Waals surface area contributed by atoms with Gasteiger partial charge in [-0.05, 0) is 31.2 Å². The molecule has 2 N–H and O–H groups in total. The van der Waals surface area contributed by atoms with Gasteiger partial charge in [0.05, 0.1) is 11.1 Å². The Morgan fingerprint density at radius 3 is 2.67 bits per heavy atom. The molecule has 0 spiro atoms. The van der Waals surface area contributed by atoms with E-state index in [1.54, 1.807) is 12.1 Å². The molecule has 3 aromatic rings. The van der Waals surface area contributed by atoms with Crippen molar-refractivity contribution in [3.63, 3.8) is 0 Å². The topological polar surface area (TPSA) is 54.0 Å². The van der Waals surface area contributed by atoms with Gasteiger partial charge in [0.15, 0.2) is 0 Å². The number of fused-ring (bicyclic) bond motifs is 1. The van der Waals surface area contributed by atoms with Crippen LogP contribution in [0.4, 0.5) is 10.1 Å². The number of carbonyl (C=O) groups is 1. The van der Waals surface area contributed by atoms with Crippen LogP contribution >= 0.6 is 0 Å². The molecule has 0 atom stereocenters. The summed E-state index contributed by atoms with van der Waals surface area (Å²) in [6.45, 7) is 2.87. The molecule has 1 heterocycles. The highest BCUT2D eigenvalue weighted by molar-refractivity contribution is 5.94. The zero-order valence-corrected chi connectivity index (χ0v) is 13.3. The minimum atomic E-state index is -0.515. The Hall–Kier alpha value is -2.95. The molecule has 0 unspecified atom stereocenters. The van der Waals surface area contributed by atoms with Gasteiger partial charge in [0, 0.05) is 29.9 Å². The molecule has 0 saturated heterocycles. The Morgan fingerprint density at radius 1 is 1.08 bits per heavy atom. The molecule has 0 saturated carbocycles. The number of aromatic nitrogens is 1. The van der Waals surface area contributed by atoms with Gasteiger partial charge in [-0.2, -0.15) is 0 Å². The number of nitrogens with one attached hydrogen (secondary N) is 2. The molecular formula is C19H18FN3O. The summed E-state index contributed by atoms with van der Waals surface area (Å²) < 4.78 is 13.5. The third-order valence-corrected chi connectivity index (χ3v) is 3.69. The van der Waals surface area contributed by atoms with Crippen molar-refractivity contribution in [2.75, 3.05) is 18.4 Å². The average Bonchev–Trinajstić information content (AvgIpc) is 2.58. The summed E-state index contributed by atoms with van der Waals surface area (Å²) in [5.41, 5.74) is 2.88. The van der Waals surface area contributed by atoms with Gasteiger partial charge in [-0.3, -0.25) is 9.78 Å². The Bertz CT molecular complexity index is 879. The van der Waals surface area contributed by atoms with Crippen molar-refractivity contribution in [1.29, 1.82) is 0 Å². The van der Waals surface area contributed by atoms with E-state index in [0.29, 0.717) is 13.1 Å². The Labute approximate surface area is 139 Å². The number of halogens is 1. The fraction of sp³-hybridized carbons (Fsp3) is 0.158. The van der Waals surface area contributed by atoms with Crippen molar-refractivity contribution in [3.8, 4) is 0 Å². The van der Waals surface area contributed by atoms with Crippen LogP contribution in [0.2, 0.25) is 0 Å². The number of pyridine rings is 1. The molecule has 0 aliphatic heterocycles. The minimum Gasteiger partial charge on any atom is -0.383 e. The maximum absolute atomic E-state index is 13.5. The number of carbonyl (C=O) groups excluding carboxylic acids is 1. The lowest BCUT2D eigenvalue weighted by molar-refractivity contribution is 0.0951. The van der Waals surface area contributed by atoms with Crippen molar-refractivity contribution in [2.24, 2.45) is 0 Å². The maximum atomic E-state index is 13.5.